The Labute approximate surface area is 233 Å². The first-order valence-corrected chi connectivity index (χ1v) is 13.9. The largest absolute Gasteiger partial charge is 0.314 e. The minimum Gasteiger partial charge on any atom is -0.314 e. The number of aryl methyl sites for hydroxylation is 1. The van der Waals surface area contributed by atoms with Gasteiger partial charge in [0.1, 0.15) is 0 Å². The van der Waals surface area contributed by atoms with Gasteiger partial charge in [0, 0.05) is 16.8 Å². The van der Waals surface area contributed by atoms with Gasteiger partial charge in [-0.05, 0) is 91.8 Å². The van der Waals surface area contributed by atoms with Crippen molar-refractivity contribution in [3.63, 3.8) is 0 Å². The first-order chi connectivity index (χ1) is 19.8. The molecule has 0 unspecified atom stereocenters. The van der Waals surface area contributed by atoms with Crippen molar-refractivity contribution in [2.45, 2.75) is 6.92 Å². The van der Waals surface area contributed by atoms with Crippen LogP contribution in [0.15, 0.2) is 146 Å². The number of benzene rings is 7. The third-order valence-corrected chi connectivity index (χ3v) is 8.28. The van der Waals surface area contributed by atoms with Crippen molar-refractivity contribution in [2.75, 3.05) is 0 Å². The molecule has 0 N–H and O–H groups in total. The van der Waals surface area contributed by atoms with Crippen LogP contribution >= 0.6 is 0 Å². The molecule has 0 aliphatic heterocycles. The number of hydrogen-bond donors (Lipinski definition) is 0. The first-order valence-electron chi connectivity index (χ1n) is 13.9. The molecule has 40 heavy (non-hydrogen) atoms. The molecule has 0 atom stereocenters. The Morgan fingerprint density at radius 1 is 0.400 bits per heavy atom. The van der Waals surface area contributed by atoms with Gasteiger partial charge in [-0.15, -0.1) is 0 Å². The number of rotatable bonds is 3. The summed E-state index contributed by atoms with van der Waals surface area (Å²) < 4.78 is 2.35. The maximum absolute atomic E-state index is 2.35. The molecular weight excluding hydrogens is 482 g/mol. The molecule has 8 aromatic rings. The van der Waals surface area contributed by atoms with Crippen molar-refractivity contribution >= 4 is 43.2 Å². The molecule has 0 radical (unpaired) electrons. The highest BCUT2D eigenvalue weighted by Crippen LogP contribution is 2.44. The Kier molecular flexibility index (Phi) is 5.11. The lowest BCUT2D eigenvalue weighted by Gasteiger charge is -2.18. The van der Waals surface area contributed by atoms with Crippen LogP contribution in [0.25, 0.3) is 71.2 Å². The summed E-state index contributed by atoms with van der Waals surface area (Å²) in [6.45, 7) is 2.18. The molecule has 0 saturated carbocycles. The van der Waals surface area contributed by atoms with Gasteiger partial charge in [0.25, 0.3) is 0 Å². The Hall–Kier alpha value is -5.14. The van der Waals surface area contributed by atoms with Crippen LogP contribution in [0.4, 0.5) is 0 Å². The Balaban J connectivity index is 1.36. The standard InChI is InChI=1S/C39H27N/c1-26-24-30-12-4-9-17-37(30)40(26)32-22-20-28(21-23-32)38-33-13-5-7-15-35(33)39(36-16-8-6-14-34(36)38)31-19-18-27-10-2-3-11-29(27)25-31/h2-25H,1H3. The quantitative estimate of drug-likeness (QED) is 0.209. The molecule has 0 spiro atoms. The fraction of sp³-hybridized carbons (Fsp3) is 0.0256. The molecule has 0 aliphatic rings. The lowest BCUT2D eigenvalue weighted by atomic mass is 9.85. The highest BCUT2D eigenvalue weighted by Gasteiger charge is 2.17. The average Bonchev–Trinajstić information content (AvgIpc) is 3.35. The van der Waals surface area contributed by atoms with E-state index in [9.17, 15) is 0 Å². The number of hydrogen-bond acceptors (Lipinski definition) is 0. The number of aromatic nitrogens is 1. The summed E-state index contributed by atoms with van der Waals surface area (Å²) in [5.41, 5.74) is 8.73. The Morgan fingerprint density at radius 3 is 1.55 bits per heavy atom. The summed E-state index contributed by atoms with van der Waals surface area (Å²) in [7, 11) is 0. The van der Waals surface area contributed by atoms with E-state index in [-0.39, 0.29) is 0 Å². The van der Waals surface area contributed by atoms with Gasteiger partial charge < -0.3 is 4.57 Å². The highest BCUT2D eigenvalue weighted by molar-refractivity contribution is 6.21. The summed E-state index contributed by atoms with van der Waals surface area (Å²) in [5.74, 6) is 0. The van der Waals surface area contributed by atoms with Crippen molar-refractivity contribution in [1.29, 1.82) is 0 Å². The van der Waals surface area contributed by atoms with E-state index in [4.69, 9.17) is 0 Å². The smallest absolute Gasteiger partial charge is 0.0531 e. The molecule has 1 nitrogen and oxygen atoms in total. The van der Waals surface area contributed by atoms with Gasteiger partial charge in [-0.25, -0.2) is 0 Å². The Bertz CT molecular complexity index is 2160. The number of fused-ring (bicyclic) bond motifs is 4. The van der Waals surface area contributed by atoms with E-state index in [0.717, 1.165) is 0 Å². The highest BCUT2D eigenvalue weighted by atomic mass is 15.0. The molecular formula is C39H27N. The van der Waals surface area contributed by atoms with Crippen molar-refractivity contribution in [3.8, 4) is 27.9 Å². The molecule has 0 bridgehead atoms. The fourth-order valence-corrected chi connectivity index (χ4v) is 6.51. The zero-order valence-electron chi connectivity index (χ0n) is 22.3. The van der Waals surface area contributed by atoms with Crippen LogP contribution in [0.1, 0.15) is 5.69 Å². The van der Waals surface area contributed by atoms with E-state index in [0.29, 0.717) is 0 Å². The first kappa shape index (κ1) is 22.8. The predicted octanol–water partition coefficient (Wildman–Crippen LogP) is 10.7. The third kappa shape index (κ3) is 3.48. The predicted molar refractivity (Wildman–Crippen MR) is 171 cm³/mol. The topological polar surface area (TPSA) is 4.93 Å². The second-order valence-corrected chi connectivity index (χ2v) is 10.6. The molecule has 0 fully saturated rings. The molecule has 0 aliphatic carbocycles. The minimum absolute atomic E-state index is 1.18. The van der Waals surface area contributed by atoms with E-state index in [1.165, 1.54) is 76.9 Å². The van der Waals surface area contributed by atoms with Crippen molar-refractivity contribution in [2.24, 2.45) is 0 Å². The summed E-state index contributed by atoms with van der Waals surface area (Å²) >= 11 is 0. The fourth-order valence-electron chi connectivity index (χ4n) is 6.51. The van der Waals surface area contributed by atoms with Gasteiger partial charge in [0.05, 0.1) is 5.52 Å². The third-order valence-electron chi connectivity index (χ3n) is 8.28. The van der Waals surface area contributed by atoms with Gasteiger partial charge in [-0.3, -0.25) is 0 Å². The lowest BCUT2D eigenvalue weighted by molar-refractivity contribution is 1.05. The van der Waals surface area contributed by atoms with Gasteiger partial charge in [-0.2, -0.15) is 0 Å². The molecule has 1 aromatic heterocycles. The van der Waals surface area contributed by atoms with Crippen LogP contribution in [0.3, 0.4) is 0 Å². The van der Waals surface area contributed by atoms with Gasteiger partial charge >= 0.3 is 0 Å². The summed E-state index contributed by atoms with van der Waals surface area (Å²) in [6.07, 6.45) is 0. The molecule has 8 rings (SSSR count). The zero-order valence-corrected chi connectivity index (χ0v) is 22.3. The van der Waals surface area contributed by atoms with Crippen LogP contribution in [-0.2, 0) is 0 Å². The van der Waals surface area contributed by atoms with Crippen LogP contribution in [-0.4, -0.2) is 4.57 Å². The minimum atomic E-state index is 1.18. The molecule has 0 saturated heterocycles. The molecule has 1 heteroatoms. The number of para-hydroxylation sites is 1. The maximum Gasteiger partial charge on any atom is 0.0531 e. The maximum atomic E-state index is 2.35. The van der Waals surface area contributed by atoms with Crippen molar-refractivity contribution in [3.05, 3.63) is 151 Å². The van der Waals surface area contributed by atoms with Crippen molar-refractivity contribution < 1.29 is 0 Å². The van der Waals surface area contributed by atoms with Crippen LogP contribution in [0.5, 0.6) is 0 Å². The summed E-state index contributed by atoms with van der Waals surface area (Å²) in [4.78, 5) is 0. The SMILES string of the molecule is Cc1cc2ccccc2n1-c1ccc(-c2c3ccccc3c(-c3ccc4ccccc4c3)c3ccccc23)cc1. The lowest BCUT2D eigenvalue weighted by Crippen LogP contribution is -1.96. The van der Waals surface area contributed by atoms with Crippen LogP contribution in [0.2, 0.25) is 0 Å². The second-order valence-electron chi connectivity index (χ2n) is 10.6. The van der Waals surface area contributed by atoms with Crippen LogP contribution in [0, 0.1) is 6.92 Å². The average molecular weight is 510 g/mol. The zero-order chi connectivity index (χ0) is 26.6. The molecule has 1 heterocycles. The van der Waals surface area contributed by atoms with E-state index in [2.05, 4.69) is 157 Å². The van der Waals surface area contributed by atoms with E-state index in [1.807, 2.05) is 0 Å². The number of nitrogens with zero attached hydrogens (tertiary/aromatic N) is 1. The van der Waals surface area contributed by atoms with Gasteiger partial charge in [0.2, 0.25) is 0 Å². The van der Waals surface area contributed by atoms with Gasteiger partial charge in [0.15, 0.2) is 0 Å². The summed E-state index contributed by atoms with van der Waals surface area (Å²) in [6, 6.07) is 53.2. The molecule has 7 aromatic carbocycles. The normalized spacial score (nSPS) is 11.6. The van der Waals surface area contributed by atoms with E-state index >= 15 is 0 Å². The second kappa shape index (κ2) is 8.97. The van der Waals surface area contributed by atoms with E-state index < -0.39 is 0 Å². The van der Waals surface area contributed by atoms with Crippen LogP contribution < -0.4 is 0 Å². The monoisotopic (exact) mass is 509 g/mol. The summed E-state index contributed by atoms with van der Waals surface area (Å²) in [5, 5.41) is 8.92. The Morgan fingerprint density at radius 2 is 0.900 bits per heavy atom. The molecule has 0 amide bonds. The van der Waals surface area contributed by atoms with Crippen molar-refractivity contribution in [1.82, 2.24) is 4.57 Å². The van der Waals surface area contributed by atoms with Gasteiger partial charge in [-0.1, -0.05) is 115 Å². The molecule has 188 valence electrons. The van der Waals surface area contributed by atoms with E-state index in [1.54, 1.807) is 0 Å².